The lowest BCUT2D eigenvalue weighted by molar-refractivity contribution is -0.139. The maximum atomic E-state index is 13.1. The van der Waals surface area contributed by atoms with Gasteiger partial charge in [-0.25, -0.2) is 24.7 Å². The number of nitrogens with zero attached hydrogens (tertiary/aromatic N) is 4. The number of aromatic nitrogens is 4. The number of amides is 2. The van der Waals surface area contributed by atoms with E-state index in [9.17, 15) is 29.7 Å². The zero-order valence-electron chi connectivity index (χ0n) is 24.0. The summed E-state index contributed by atoms with van der Waals surface area (Å²) in [5.41, 5.74) is -0.175. The molecule has 6 heterocycles. The first-order valence-corrected chi connectivity index (χ1v) is 17.3. The highest BCUT2D eigenvalue weighted by Crippen LogP contribution is 2.42. The van der Waals surface area contributed by atoms with Gasteiger partial charge in [0.05, 0.1) is 22.1 Å². The Morgan fingerprint density at radius 3 is 1.50 bits per heavy atom. The van der Waals surface area contributed by atoms with Gasteiger partial charge in [-0.05, 0) is 35.0 Å². The summed E-state index contributed by atoms with van der Waals surface area (Å²) >= 11 is 5.40. The van der Waals surface area contributed by atoms with Gasteiger partial charge in [-0.15, -0.1) is 45.3 Å². The second kappa shape index (κ2) is 11.6. The average molecular weight is 711 g/mol. The van der Waals surface area contributed by atoms with E-state index in [1.54, 1.807) is 0 Å². The molecule has 236 valence electrons. The van der Waals surface area contributed by atoms with Crippen LogP contribution < -0.4 is 10.6 Å². The largest absolute Gasteiger partial charge is 0.504 e. The highest BCUT2D eigenvalue weighted by molar-refractivity contribution is 7.29. The van der Waals surface area contributed by atoms with E-state index < -0.39 is 46.8 Å². The normalized spacial score (nSPS) is 11.6. The molecule has 0 atom stereocenters. The van der Waals surface area contributed by atoms with Crippen LogP contribution in [0.4, 0.5) is 0 Å². The Balaban J connectivity index is 1.03. The Morgan fingerprint density at radius 2 is 1.08 bits per heavy atom. The molecule has 48 heavy (non-hydrogen) atoms. The molecule has 0 aliphatic carbocycles. The first-order valence-electron chi connectivity index (χ1n) is 14.0. The van der Waals surface area contributed by atoms with Crippen molar-refractivity contribution in [3.05, 3.63) is 84.4 Å². The molecule has 8 aromatic rings. The number of pyridine rings is 2. The van der Waals surface area contributed by atoms with Crippen molar-refractivity contribution < 1.29 is 29.7 Å². The average Bonchev–Trinajstić information content (AvgIpc) is 3.88. The molecule has 5 N–H and O–H groups in total. The molecule has 8 rings (SSSR count). The van der Waals surface area contributed by atoms with Crippen LogP contribution in [0.3, 0.4) is 0 Å². The zero-order chi connectivity index (χ0) is 33.1. The van der Waals surface area contributed by atoms with E-state index in [2.05, 4.69) is 30.6 Å². The molecule has 0 aliphatic heterocycles. The summed E-state index contributed by atoms with van der Waals surface area (Å²) in [6, 6.07) is 19.7. The molecule has 16 heteroatoms. The number of carbonyl (C=O) groups excluding carboxylic acids is 2. The van der Waals surface area contributed by atoms with Crippen molar-refractivity contribution in [1.29, 1.82) is 0 Å². The fraction of sp³-hybridized carbons (Fsp3) is 0.0312. The second-order valence-corrected chi connectivity index (χ2v) is 14.6. The van der Waals surface area contributed by atoms with E-state index >= 15 is 0 Å². The van der Waals surface area contributed by atoms with Crippen molar-refractivity contribution in [1.82, 2.24) is 30.6 Å². The van der Waals surface area contributed by atoms with Crippen LogP contribution in [-0.2, 0) is 4.79 Å². The number of hydrogen-bond donors (Lipinski definition) is 5. The van der Waals surface area contributed by atoms with Gasteiger partial charge < -0.3 is 26.0 Å². The molecule has 2 amide bonds. The predicted octanol–water partition coefficient (Wildman–Crippen LogP) is 6.44. The van der Waals surface area contributed by atoms with Crippen LogP contribution in [0.1, 0.15) is 21.0 Å². The van der Waals surface area contributed by atoms with E-state index in [1.807, 2.05) is 60.7 Å². The topological polar surface area (TPSA) is 188 Å². The Morgan fingerprint density at radius 1 is 0.646 bits per heavy atom. The summed E-state index contributed by atoms with van der Waals surface area (Å²) in [7, 11) is 0. The van der Waals surface area contributed by atoms with Crippen LogP contribution >= 0.6 is 45.3 Å². The van der Waals surface area contributed by atoms with Gasteiger partial charge >= 0.3 is 5.97 Å². The summed E-state index contributed by atoms with van der Waals surface area (Å²) in [6.45, 7) is 0. The molecule has 0 saturated heterocycles. The third-order valence-corrected chi connectivity index (χ3v) is 12.0. The highest BCUT2D eigenvalue weighted by Gasteiger charge is 2.29. The maximum Gasteiger partial charge on any atom is 0.347 e. The van der Waals surface area contributed by atoms with Gasteiger partial charge in [0.2, 0.25) is 6.17 Å². The number of aliphatic carboxylic acids is 1. The minimum atomic E-state index is -1.95. The third kappa shape index (κ3) is 5.16. The van der Waals surface area contributed by atoms with E-state index in [0.717, 1.165) is 52.6 Å². The molecule has 0 radical (unpaired) electrons. The van der Waals surface area contributed by atoms with Crippen LogP contribution in [-0.4, -0.2) is 59.2 Å². The van der Waals surface area contributed by atoms with Crippen LogP contribution in [0.15, 0.2) is 73.1 Å². The van der Waals surface area contributed by atoms with Crippen molar-refractivity contribution in [2.24, 2.45) is 0 Å². The minimum Gasteiger partial charge on any atom is -0.504 e. The van der Waals surface area contributed by atoms with Crippen molar-refractivity contribution >= 4 is 104 Å². The van der Waals surface area contributed by atoms with E-state index in [-0.39, 0.29) is 0 Å². The van der Waals surface area contributed by atoms with Gasteiger partial charge in [0.15, 0.2) is 22.9 Å². The number of fused-ring (bicyclic) bond motifs is 4. The van der Waals surface area contributed by atoms with Crippen molar-refractivity contribution in [3.8, 4) is 31.3 Å². The van der Waals surface area contributed by atoms with Gasteiger partial charge in [0.25, 0.3) is 11.8 Å². The molecule has 6 aromatic heterocycles. The fourth-order valence-corrected chi connectivity index (χ4v) is 9.22. The summed E-state index contributed by atoms with van der Waals surface area (Å²) in [6.07, 6.45) is 0.667. The van der Waals surface area contributed by atoms with Crippen LogP contribution in [0, 0.1) is 0 Å². The van der Waals surface area contributed by atoms with Crippen molar-refractivity contribution in [2.45, 2.75) is 6.17 Å². The molecule has 0 unspecified atom stereocenters. The standard InChI is InChI=1S/C32H18N6O6S4/c39-23-21(33-11-15-25(23)47-30(35-15)19-9-13-5-1-3-7-17(13)45-19)28(41)37-27(32(43)44)38-29(42)22-24(40)26-16(12-34-22)36-31(48-26)20-10-14-6-2-4-8-18(14)46-20/h1-12,27,39-40H,(H,37,41)(H,38,42)(H,43,44). The number of hydrogen-bond acceptors (Lipinski definition) is 13. The number of carbonyl (C=O) groups is 3. The number of carboxylic acids is 1. The Hall–Kier alpha value is -5.55. The van der Waals surface area contributed by atoms with Gasteiger partial charge in [-0.3, -0.25) is 9.59 Å². The Labute approximate surface area is 284 Å². The van der Waals surface area contributed by atoms with Gasteiger partial charge in [-0.2, -0.15) is 0 Å². The SMILES string of the molecule is O=C(NC(NC(=O)c1ncc2nc(-c3cc4ccccc4s3)sc2c1O)C(=O)O)c1ncc2nc(-c3cc4ccccc4s3)sc2c1O. The number of thiophene rings is 2. The third-order valence-electron chi connectivity index (χ3n) is 7.32. The van der Waals surface area contributed by atoms with Gasteiger partial charge in [-0.1, -0.05) is 36.4 Å². The quantitative estimate of drug-likeness (QED) is 0.115. The monoisotopic (exact) mass is 710 g/mol. The van der Waals surface area contributed by atoms with Crippen LogP contribution in [0.2, 0.25) is 0 Å². The number of nitrogens with one attached hydrogen (secondary N) is 2. The lowest BCUT2D eigenvalue weighted by Gasteiger charge is -2.16. The Kier molecular flexibility index (Phi) is 7.21. The molecule has 0 fully saturated rings. The van der Waals surface area contributed by atoms with E-state index in [4.69, 9.17) is 0 Å². The van der Waals surface area contributed by atoms with E-state index in [1.165, 1.54) is 35.1 Å². The van der Waals surface area contributed by atoms with Gasteiger partial charge in [0.1, 0.15) is 30.4 Å². The first-order chi connectivity index (χ1) is 23.2. The summed E-state index contributed by atoms with van der Waals surface area (Å²) in [4.78, 5) is 57.3. The smallest absolute Gasteiger partial charge is 0.347 e. The molecule has 0 bridgehead atoms. The lowest BCUT2D eigenvalue weighted by atomic mass is 10.2. The lowest BCUT2D eigenvalue weighted by Crippen LogP contribution is -2.53. The van der Waals surface area contributed by atoms with Crippen molar-refractivity contribution in [3.63, 3.8) is 0 Å². The molecule has 0 spiro atoms. The molecule has 0 saturated carbocycles. The summed E-state index contributed by atoms with van der Waals surface area (Å²) < 4.78 is 2.73. The number of benzene rings is 2. The molecule has 0 aliphatic rings. The number of aromatic hydroxyl groups is 2. The predicted molar refractivity (Wildman–Crippen MR) is 186 cm³/mol. The van der Waals surface area contributed by atoms with Crippen LogP contribution in [0.5, 0.6) is 11.5 Å². The number of thiazole rings is 2. The summed E-state index contributed by atoms with van der Waals surface area (Å²) in [5, 5.41) is 39.4. The van der Waals surface area contributed by atoms with E-state index in [0.29, 0.717) is 30.4 Å². The second-order valence-electron chi connectivity index (χ2n) is 10.4. The molecule has 12 nitrogen and oxygen atoms in total. The minimum absolute atomic E-state index is 0.292. The molecular weight excluding hydrogens is 693 g/mol. The van der Waals surface area contributed by atoms with Gasteiger partial charge in [0, 0.05) is 9.40 Å². The number of rotatable bonds is 7. The summed E-state index contributed by atoms with van der Waals surface area (Å²) in [5.74, 6) is -4.67. The molecular formula is C32H18N6O6S4. The Bertz CT molecular complexity index is 2370. The number of carboxylic acid groups (broad SMARTS) is 1. The van der Waals surface area contributed by atoms with Crippen molar-refractivity contribution in [2.75, 3.05) is 0 Å². The zero-order valence-corrected chi connectivity index (χ0v) is 27.3. The molecule has 2 aromatic carbocycles. The highest BCUT2D eigenvalue weighted by atomic mass is 32.1. The van der Waals surface area contributed by atoms with Crippen LogP contribution in [0.25, 0.3) is 60.4 Å². The first kappa shape index (κ1) is 29.8. The maximum absolute atomic E-state index is 13.1. The fourth-order valence-electron chi connectivity index (χ4n) is 5.04.